The molecule has 0 heterocycles. The van der Waals surface area contributed by atoms with Crippen LogP contribution in [0.15, 0.2) is 42.5 Å². The van der Waals surface area contributed by atoms with Gasteiger partial charge in [0.25, 0.3) is 0 Å². The molecule has 0 bridgehead atoms. The fraction of sp³-hybridized carbons (Fsp3) is 0.368. The molecule has 0 radical (unpaired) electrons. The zero-order valence-corrected chi connectivity index (χ0v) is 14.5. The second-order valence-electron chi connectivity index (χ2n) is 5.42. The number of ether oxygens (including phenoxy) is 2. The first-order valence-corrected chi connectivity index (χ1v) is 8.42. The maximum absolute atomic E-state index is 6.00. The Morgan fingerprint density at radius 2 is 1.78 bits per heavy atom. The first-order chi connectivity index (χ1) is 11.2. The standard InChI is InChI=1S/C19H24ClNO2/c1-3-4-11-22-17-7-5-6-16(14-17)21-10-12-23-18-8-9-19(20)15(2)13-18/h5-9,13-14,21H,3-4,10-12H2,1-2H3. The van der Waals surface area contributed by atoms with Crippen LogP contribution in [-0.2, 0) is 0 Å². The molecule has 23 heavy (non-hydrogen) atoms. The van der Waals surface area contributed by atoms with E-state index >= 15 is 0 Å². The van der Waals surface area contributed by atoms with E-state index < -0.39 is 0 Å². The van der Waals surface area contributed by atoms with Crippen LogP contribution in [0.3, 0.4) is 0 Å². The van der Waals surface area contributed by atoms with Gasteiger partial charge in [0, 0.05) is 23.3 Å². The van der Waals surface area contributed by atoms with E-state index in [9.17, 15) is 0 Å². The zero-order valence-electron chi connectivity index (χ0n) is 13.8. The van der Waals surface area contributed by atoms with E-state index in [1.807, 2.05) is 49.4 Å². The van der Waals surface area contributed by atoms with Crippen LogP contribution in [0.2, 0.25) is 5.02 Å². The summed E-state index contributed by atoms with van der Waals surface area (Å²) in [5, 5.41) is 4.10. The Bertz CT molecular complexity index is 616. The van der Waals surface area contributed by atoms with Crippen LogP contribution in [0.4, 0.5) is 5.69 Å². The van der Waals surface area contributed by atoms with E-state index in [2.05, 4.69) is 12.2 Å². The zero-order chi connectivity index (χ0) is 16.5. The third-order valence-corrected chi connectivity index (χ3v) is 3.85. The van der Waals surface area contributed by atoms with Crippen LogP contribution in [0.25, 0.3) is 0 Å². The molecular weight excluding hydrogens is 310 g/mol. The first-order valence-electron chi connectivity index (χ1n) is 8.04. The van der Waals surface area contributed by atoms with Crippen molar-refractivity contribution in [1.29, 1.82) is 0 Å². The molecule has 4 heteroatoms. The molecule has 0 spiro atoms. The van der Waals surface area contributed by atoms with E-state index in [0.29, 0.717) is 6.61 Å². The summed E-state index contributed by atoms with van der Waals surface area (Å²) < 4.78 is 11.4. The molecule has 124 valence electrons. The maximum atomic E-state index is 6.00. The molecule has 0 unspecified atom stereocenters. The fourth-order valence-electron chi connectivity index (χ4n) is 2.10. The van der Waals surface area contributed by atoms with E-state index in [1.165, 1.54) is 0 Å². The number of hydrogen-bond donors (Lipinski definition) is 1. The molecule has 1 N–H and O–H groups in total. The smallest absolute Gasteiger partial charge is 0.121 e. The first kappa shape index (κ1) is 17.5. The second-order valence-corrected chi connectivity index (χ2v) is 5.82. The highest BCUT2D eigenvalue weighted by molar-refractivity contribution is 6.31. The van der Waals surface area contributed by atoms with Gasteiger partial charge in [-0.1, -0.05) is 31.0 Å². The van der Waals surface area contributed by atoms with Gasteiger partial charge >= 0.3 is 0 Å². The fourth-order valence-corrected chi connectivity index (χ4v) is 2.22. The van der Waals surface area contributed by atoms with Crippen molar-refractivity contribution in [2.45, 2.75) is 26.7 Å². The Morgan fingerprint density at radius 3 is 2.57 bits per heavy atom. The summed E-state index contributed by atoms with van der Waals surface area (Å²) in [5.74, 6) is 1.74. The van der Waals surface area contributed by atoms with Crippen molar-refractivity contribution in [3.05, 3.63) is 53.1 Å². The molecule has 0 aromatic heterocycles. The Balaban J connectivity index is 1.75. The molecule has 0 saturated carbocycles. The minimum absolute atomic E-state index is 0.585. The molecule has 3 nitrogen and oxygen atoms in total. The number of nitrogens with one attached hydrogen (secondary N) is 1. The molecule has 0 aliphatic carbocycles. The molecule has 2 aromatic rings. The Hall–Kier alpha value is -1.87. The number of rotatable bonds is 9. The summed E-state index contributed by atoms with van der Waals surface area (Å²) in [6.07, 6.45) is 2.21. The molecule has 2 aromatic carbocycles. The number of anilines is 1. The van der Waals surface area contributed by atoms with Gasteiger partial charge in [0.1, 0.15) is 18.1 Å². The van der Waals surface area contributed by atoms with Crippen molar-refractivity contribution >= 4 is 17.3 Å². The molecule has 0 saturated heterocycles. The molecule has 0 aliphatic rings. The summed E-state index contributed by atoms with van der Waals surface area (Å²) in [5.41, 5.74) is 2.06. The molecule has 0 aliphatic heterocycles. The SMILES string of the molecule is CCCCOc1cccc(NCCOc2ccc(Cl)c(C)c2)c1. The summed E-state index contributed by atoms with van der Waals surface area (Å²) in [6.45, 7) is 6.20. The predicted octanol–water partition coefficient (Wildman–Crippen LogP) is 5.32. The Kier molecular flexibility index (Phi) is 7.08. The van der Waals surface area contributed by atoms with E-state index in [0.717, 1.165) is 53.8 Å². The third kappa shape index (κ3) is 6.03. The molecule has 0 fully saturated rings. The summed E-state index contributed by atoms with van der Waals surface area (Å²) in [4.78, 5) is 0. The predicted molar refractivity (Wildman–Crippen MR) is 97.0 cm³/mol. The summed E-state index contributed by atoms with van der Waals surface area (Å²) >= 11 is 6.00. The number of hydrogen-bond acceptors (Lipinski definition) is 3. The Morgan fingerprint density at radius 1 is 1.00 bits per heavy atom. The van der Waals surface area contributed by atoms with Crippen molar-refractivity contribution < 1.29 is 9.47 Å². The van der Waals surface area contributed by atoms with E-state index in [4.69, 9.17) is 21.1 Å². The van der Waals surface area contributed by atoms with E-state index in [-0.39, 0.29) is 0 Å². The average Bonchev–Trinajstić information content (AvgIpc) is 2.55. The topological polar surface area (TPSA) is 30.5 Å². The maximum Gasteiger partial charge on any atom is 0.121 e. The van der Waals surface area contributed by atoms with Crippen LogP contribution in [-0.4, -0.2) is 19.8 Å². The molecule has 0 amide bonds. The lowest BCUT2D eigenvalue weighted by molar-refractivity contribution is 0.309. The van der Waals surface area contributed by atoms with Gasteiger partial charge in [-0.15, -0.1) is 0 Å². The van der Waals surface area contributed by atoms with Gasteiger partial charge in [0.05, 0.1) is 6.61 Å². The van der Waals surface area contributed by atoms with Gasteiger partial charge in [0.15, 0.2) is 0 Å². The van der Waals surface area contributed by atoms with Gasteiger partial charge in [-0.25, -0.2) is 0 Å². The number of halogens is 1. The second kappa shape index (κ2) is 9.31. The highest BCUT2D eigenvalue weighted by Gasteiger charge is 2.00. The lowest BCUT2D eigenvalue weighted by Gasteiger charge is -2.11. The van der Waals surface area contributed by atoms with Gasteiger partial charge in [-0.2, -0.15) is 0 Å². The lowest BCUT2D eigenvalue weighted by Crippen LogP contribution is -2.11. The minimum Gasteiger partial charge on any atom is -0.494 e. The van der Waals surface area contributed by atoms with Crippen molar-refractivity contribution in [3.8, 4) is 11.5 Å². The van der Waals surface area contributed by atoms with Gasteiger partial charge < -0.3 is 14.8 Å². The number of aryl methyl sites for hydroxylation is 1. The van der Waals surface area contributed by atoms with Crippen LogP contribution in [0, 0.1) is 6.92 Å². The summed E-state index contributed by atoms with van der Waals surface area (Å²) in [7, 11) is 0. The summed E-state index contributed by atoms with van der Waals surface area (Å²) in [6, 6.07) is 13.7. The largest absolute Gasteiger partial charge is 0.494 e. The highest BCUT2D eigenvalue weighted by Crippen LogP contribution is 2.21. The van der Waals surface area contributed by atoms with Crippen molar-refractivity contribution in [1.82, 2.24) is 0 Å². The average molecular weight is 334 g/mol. The number of benzene rings is 2. The van der Waals surface area contributed by atoms with E-state index in [1.54, 1.807) is 0 Å². The molecule has 2 rings (SSSR count). The molecule has 0 atom stereocenters. The number of unbranched alkanes of at least 4 members (excludes halogenated alkanes) is 1. The monoisotopic (exact) mass is 333 g/mol. The van der Waals surface area contributed by atoms with Crippen LogP contribution >= 0.6 is 11.6 Å². The van der Waals surface area contributed by atoms with Gasteiger partial charge in [-0.3, -0.25) is 0 Å². The Labute approximate surface area is 143 Å². The minimum atomic E-state index is 0.585. The van der Waals surface area contributed by atoms with Gasteiger partial charge in [0.2, 0.25) is 0 Å². The van der Waals surface area contributed by atoms with Crippen molar-refractivity contribution in [3.63, 3.8) is 0 Å². The van der Waals surface area contributed by atoms with Crippen LogP contribution < -0.4 is 14.8 Å². The third-order valence-electron chi connectivity index (χ3n) is 3.43. The lowest BCUT2D eigenvalue weighted by atomic mass is 10.2. The van der Waals surface area contributed by atoms with Crippen molar-refractivity contribution in [2.75, 3.05) is 25.1 Å². The van der Waals surface area contributed by atoms with Crippen molar-refractivity contribution in [2.24, 2.45) is 0 Å². The highest BCUT2D eigenvalue weighted by atomic mass is 35.5. The molecular formula is C19H24ClNO2. The quantitative estimate of drug-likeness (QED) is 0.630. The van der Waals surface area contributed by atoms with Crippen LogP contribution in [0.5, 0.6) is 11.5 Å². The van der Waals surface area contributed by atoms with Gasteiger partial charge in [-0.05, 0) is 49.2 Å². The van der Waals surface area contributed by atoms with Crippen LogP contribution in [0.1, 0.15) is 25.3 Å². The normalized spacial score (nSPS) is 10.4.